The Kier molecular flexibility index (Phi) is 10.4. The molecule has 0 bridgehead atoms. The number of ether oxygens (including phenoxy) is 2. The van der Waals surface area contributed by atoms with E-state index >= 15 is 0 Å². The zero-order valence-corrected chi connectivity index (χ0v) is 26.7. The van der Waals surface area contributed by atoms with Crippen molar-refractivity contribution < 1.29 is 55.6 Å². The summed E-state index contributed by atoms with van der Waals surface area (Å²) in [6.07, 6.45) is -0.00569. The van der Waals surface area contributed by atoms with Crippen LogP contribution in [0, 0.1) is 0 Å². The maximum Gasteiger partial charge on any atom is 1.00 e. The van der Waals surface area contributed by atoms with Gasteiger partial charge in [-0.3, -0.25) is 0 Å². The molecule has 2 heterocycles. The molecule has 4 aromatic carbocycles. The van der Waals surface area contributed by atoms with Gasteiger partial charge < -0.3 is 21.2 Å². The molecule has 0 atom stereocenters. The number of pyridine rings is 2. The fourth-order valence-corrected chi connectivity index (χ4v) is 5.08. The first-order valence-electron chi connectivity index (χ1n) is 14.1. The Morgan fingerprint density at radius 1 is 0.667 bits per heavy atom. The summed E-state index contributed by atoms with van der Waals surface area (Å²) in [6, 6.07) is 38.7. The van der Waals surface area contributed by atoms with E-state index in [4.69, 9.17) is 9.47 Å². The summed E-state index contributed by atoms with van der Waals surface area (Å²) >= 11 is 0. The third-order valence-electron chi connectivity index (χ3n) is 7.42. The van der Waals surface area contributed by atoms with Crippen molar-refractivity contribution >= 4 is 33.5 Å². The van der Waals surface area contributed by atoms with E-state index in [2.05, 4.69) is 15.1 Å². The Balaban J connectivity index is 0.00000240. The summed E-state index contributed by atoms with van der Waals surface area (Å²) in [5.74, 6) is -0.349. The first kappa shape index (κ1) is 31.7. The minimum Gasteiger partial charge on any atom is -1.00 e. The Bertz CT molecular complexity index is 1830. The molecule has 2 aromatic heterocycles. The Morgan fingerprint density at radius 3 is 1.53 bits per heavy atom. The summed E-state index contributed by atoms with van der Waals surface area (Å²) < 4.78 is 12.0. The van der Waals surface area contributed by atoms with Gasteiger partial charge in [-0.25, -0.2) is 14.8 Å². The number of nitrogens with zero attached hydrogens (tertiary/aromatic N) is 3. The van der Waals surface area contributed by atoms with E-state index < -0.39 is 5.97 Å². The summed E-state index contributed by atoms with van der Waals surface area (Å²) in [4.78, 5) is 21.0. The topological polar surface area (TPSA) is 114 Å². The third-order valence-corrected chi connectivity index (χ3v) is 7.42. The Morgan fingerprint density at radius 2 is 1.11 bits per heavy atom. The largest absolute Gasteiger partial charge is 1.00 e. The molecule has 9 heteroatoms. The second-order valence-corrected chi connectivity index (χ2v) is 10.3. The molecule has 0 radical (unpaired) electrons. The van der Waals surface area contributed by atoms with Crippen LogP contribution in [0.15, 0.2) is 126 Å². The van der Waals surface area contributed by atoms with Gasteiger partial charge in [-0.2, -0.15) is 0 Å². The molecular weight excluding hydrogens is 577 g/mol. The minimum absolute atomic E-state index is 0. The van der Waals surface area contributed by atoms with Gasteiger partial charge in [0.25, 0.3) is 0 Å². The van der Waals surface area contributed by atoms with Gasteiger partial charge in [0.2, 0.25) is 0 Å². The quantitative estimate of drug-likeness (QED) is 0.0966. The molecule has 8 nitrogen and oxygen atoms in total. The van der Waals surface area contributed by atoms with Crippen molar-refractivity contribution in [3.8, 4) is 11.5 Å². The molecule has 0 unspecified atom stereocenters. The van der Waals surface area contributed by atoms with Crippen LogP contribution in [0.5, 0.6) is 11.5 Å². The average molecular weight is 608 g/mol. The van der Waals surface area contributed by atoms with Crippen LogP contribution < -0.4 is 39.0 Å². The molecule has 0 fully saturated rings. The van der Waals surface area contributed by atoms with E-state index in [1.54, 1.807) is 0 Å². The van der Waals surface area contributed by atoms with Crippen molar-refractivity contribution in [2.75, 3.05) is 0 Å². The molecule has 0 spiro atoms. The molecule has 0 aliphatic rings. The van der Waals surface area contributed by atoms with Gasteiger partial charge in [-0.05, 0) is 59.7 Å². The van der Waals surface area contributed by atoms with Crippen LogP contribution in [-0.4, -0.2) is 32.0 Å². The first-order valence-corrected chi connectivity index (χ1v) is 14.1. The number of rotatable bonds is 11. The number of carboxylic acids is 1. The second-order valence-electron chi connectivity index (χ2n) is 10.3. The second kappa shape index (κ2) is 14.8. The summed E-state index contributed by atoms with van der Waals surface area (Å²) in [7, 11) is 0. The zero-order chi connectivity index (χ0) is 30.3. The summed E-state index contributed by atoms with van der Waals surface area (Å²) in [5.41, 5.74) is 4.81. The molecule has 2 N–H and O–H groups in total. The number of aromatic nitrogens is 2. The molecular formula is C36H30N3NaO5. The van der Waals surface area contributed by atoms with E-state index in [0.29, 0.717) is 24.7 Å². The van der Waals surface area contributed by atoms with Gasteiger partial charge in [-0.1, -0.05) is 78.0 Å². The number of para-hydroxylation sites is 2. The molecule has 6 aromatic rings. The van der Waals surface area contributed by atoms with Crippen molar-refractivity contribution in [3.63, 3.8) is 0 Å². The minimum atomic E-state index is -1.27. The summed E-state index contributed by atoms with van der Waals surface area (Å²) in [6.45, 7) is 0.619. The SMILES string of the molecule is O=C(O)/C(CC(c1ccc(OCc2ccc3ccccc3n2)cc1)c1ccc(OCc2ccc3ccccc3n2)cc1)=N\O.[H-].[Na+]. The first-order chi connectivity index (χ1) is 21.6. The van der Waals surface area contributed by atoms with Gasteiger partial charge in [0.1, 0.15) is 24.7 Å². The van der Waals surface area contributed by atoms with Crippen molar-refractivity contribution in [1.82, 2.24) is 9.97 Å². The molecule has 0 saturated carbocycles. The Labute approximate surface area is 283 Å². The van der Waals surface area contributed by atoms with Crippen LogP contribution in [-0.2, 0) is 18.0 Å². The average Bonchev–Trinajstić information content (AvgIpc) is 3.07. The van der Waals surface area contributed by atoms with Crippen LogP contribution >= 0.6 is 0 Å². The van der Waals surface area contributed by atoms with Crippen LogP contribution in [0.1, 0.15) is 36.3 Å². The number of carboxylic acid groups (broad SMARTS) is 1. The maximum absolute atomic E-state index is 11.7. The predicted molar refractivity (Wildman–Crippen MR) is 169 cm³/mol. The van der Waals surface area contributed by atoms with Crippen LogP contribution in [0.4, 0.5) is 0 Å². The number of aliphatic carboxylic acids is 1. The van der Waals surface area contributed by atoms with E-state index in [1.807, 2.05) is 121 Å². The van der Waals surface area contributed by atoms with E-state index in [-0.39, 0.29) is 49.0 Å². The fraction of sp³-hybridized carbons (Fsp3) is 0.111. The predicted octanol–water partition coefficient (Wildman–Crippen LogP) is 4.49. The van der Waals surface area contributed by atoms with Gasteiger partial charge in [0.15, 0.2) is 5.71 Å². The molecule has 45 heavy (non-hydrogen) atoms. The maximum atomic E-state index is 11.7. The number of benzene rings is 4. The van der Waals surface area contributed by atoms with Gasteiger partial charge in [-0.15, -0.1) is 0 Å². The molecule has 0 amide bonds. The standard InChI is InChI=1S/C36H29N3O5.Na.H/c40-36(41)35(39-42)21-32(24-11-17-30(18-12-24)43-22-28-15-9-26-5-1-3-7-33(26)37-28)25-13-19-31(20-14-25)44-23-29-16-10-27-6-2-4-8-34(27)38-29;;/h1-20,32,42H,21-23H2,(H,40,41);;/q;+1;-1/b39-35-;;. The number of fused-ring (bicyclic) bond motifs is 2. The molecule has 0 aliphatic carbocycles. The number of hydrogen-bond donors (Lipinski definition) is 2. The van der Waals surface area contributed by atoms with Crippen molar-refractivity contribution in [3.05, 3.63) is 144 Å². The van der Waals surface area contributed by atoms with E-state index in [9.17, 15) is 15.1 Å². The van der Waals surface area contributed by atoms with Crippen LogP contribution in [0.2, 0.25) is 0 Å². The molecule has 0 saturated heterocycles. The van der Waals surface area contributed by atoms with Crippen molar-refractivity contribution in [2.24, 2.45) is 5.16 Å². The molecule has 6 rings (SSSR count). The van der Waals surface area contributed by atoms with Crippen molar-refractivity contribution in [1.29, 1.82) is 0 Å². The van der Waals surface area contributed by atoms with Gasteiger partial charge >= 0.3 is 35.5 Å². The zero-order valence-electron chi connectivity index (χ0n) is 25.7. The van der Waals surface area contributed by atoms with Crippen LogP contribution in [0.25, 0.3) is 21.8 Å². The third kappa shape index (κ3) is 7.85. The molecule has 220 valence electrons. The summed E-state index contributed by atoms with van der Waals surface area (Å²) in [5, 5.41) is 24.1. The van der Waals surface area contributed by atoms with E-state index in [0.717, 1.165) is 44.3 Å². The molecule has 0 aliphatic heterocycles. The number of carbonyl (C=O) groups is 1. The van der Waals surface area contributed by atoms with E-state index in [1.165, 1.54) is 0 Å². The van der Waals surface area contributed by atoms with Crippen molar-refractivity contribution in [2.45, 2.75) is 25.6 Å². The Hall–Kier alpha value is -4.76. The normalized spacial score (nSPS) is 11.4. The van der Waals surface area contributed by atoms with Gasteiger partial charge in [0, 0.05) is 23.1 Å². The number of hydrogen-bond acceptors (Lipinski definition) is 7. The fourth-order valence-electron chi connectivity index (χ4n) is 5.08. The monoisotopic (exact) mass is 607 g/mol. The number of oxime groups is 1. The van der Waals surface area contributed by atoms with Crippen LogP contribution in [0.3, 0.4) is 0 Å². The smallest absolute Gasteiger partial charge is 1.00 e. The van der Waals surface area contributed by atoms with Gasteiger partial charge in [0.05, 0.1) is 22.4 Å².